The average Bonchev–Trinajstić information content (AvgIpc) is 2.51. The zero-order valence-electron chi connectivity index (χ0n) is 16.9. The van der Waals surface area contributed by atoms with Crippen LogP contribution < -0.4 is 10.6 Å². The zero-order valence-corrected chi connectivity index (χ0v) is 17.7. The first-order valence-electron chi connectivity index (χ1n) is 9.41. The van der Waals surface area contributed by atoms with E-state index in [0.29, 0.717) is 31.7 Å². The average molecular weight is 375 g/mol. The molecule has 1 atom stereocenters. The molecular formula is C19H38N2O3S. The first-order valence-corrected chi connectivity index (χ1v) is 11.6. The lowest BCUT2D eigenvalue weighted by molar-refractivity contribution is -0.125. The number of thiol groups is 1. The van der Waals surface area contributed by atoms with Crippen LogP contribution in [0.2, 0.25) is 0 Å². The Morgan fingerprint density at radius 3 is 2.08 bits per heavy atom. The highest BCUT2D eigenvalue weighted by Crippen LogP contribution is 2.20. The second-order valence-corrected chi connectivity index (χ2v) is 9.66. The maximum absolute atomic E-state index is 12.4. The first kappa shape index (κ1) is 24.1. The van der Waals surface area contributed by atoms with Crippen LogP contribution in [-0.2, 0) is 14.4 Å². The summed E-state index contributed by atoms with van der Waals surface area (Å²) in [5, 5.41) is 6.41. The molecule has 0 radical (unpaired) electrons. The number of rotatable bonds is 13. The van der Waals surface area contributed by atoms with Gasteiger partial charge in [0.15, 0.2) is 5.12 Å². The van der Waals surface area contributed by atoms with Crippen molar-refractivity contribution >= 4 is 27.7 Å². The number of Topliss-reactive ketones (excluding diaryl/α,β-unsaturated/α-hetero) is 1. The normalized spacial score (nSPS) is 13.0. The largest absolute Gasteiger partial charge is 0.345 e. The fourth-order valence-corrected chi connectivity index (χ4v) is 3.23. The van der Waals surface area contributed by atoms with Gasteiger partial charge in [0.05, 0.1) is 6.04 Å². The molecule has 0 aromatic heterocycles. The van der Waals surface area contributed by atoms with Gasteiger partial charge in [-0.25, -0.2) is 0 Å². The summed E-state index contributed by atoms with van der Waals surface area (Å²) in [6.45, 7) is 8.89. The van der Waals surface area contributed by atoms with Crippen LogP contribution in [0.15, 0.2) is 0 Å². The van der Waals surface area contributed by atoms with E-state index in [1.165, 1.54) is 0 Å². The Morgan fingerprint density at radius 1 is 0.920 bits per heavy atom. The van der Waals surface area contributed by atoms with Crippen LogP contribution >= 0.6 is 10.9 Å². The highest BCUT2D eigenvalue weighted by Gasteiger charge is 2.21. The molecular weight excluding hydrogens is 336 g/mol. The standard InChI is InChI=1S/C19H38N2O3S/c1-14(2)17(22)11-9-12-18(23)21-16(19(24)25(5)6)10-7-8-13-20-15(3)4/h14-16,20,25H,7-13H2,1-6H3,(H,21,23)/t16-/m0/s1. The van der Waals surface area contributed by atoms with Gasteiger partial charge in [-0.3, -0.25) is 14.4 Å². The van der Waals surface area contributed by atoms with E-state index >= 15 is 0 Å². The molecule has 0 aromatic rings. The number of nitrogens with one attached hydrogen (secondary N) is 2. The predicted octanol–water partition coefficient (Wildman–Crippen LogP) is 2.82. The number of unbranched alkanes of at least 4 members (excludes halogenated alkanes) is 1. The fourth-order valence-electron chi connectivity index (χ4n) is 2.41. The monoisotopic (exact) mass is 374 g/mol. The van der Waals surface area contributed by atoms with Crippen molar-refractivity contribution in [2.24, 2.45) is 5.92 Å². The Labute approximate surface area is 156 Å². The summed E-state index contributed by atoms with van der Waals surface area (Å²) in [7, 11) is -0.722. The third kappa shape index (κ3) is 12.2. The van der Waals surface area contributed by atoms with Gasteiger partial charge in [-0.2, -0.15) is 10.9 Å². The van der Waals surface area contributed by atoms with Crippen molar-refractivity contribution in [3.8, 4) is 0 Å². The summed E-state index contributed by atoms with van der Waals surface area (Å²) in [6, 6.07) is 0.0817. The van der Waals surface area contributed by atoms with Gasteiger partial charge in [0.25, 0.3) is 0 Å². The van der Waals surface area contributed by atoms with Crippen LogP contribution in [-0.4, -0.2) is 47.9 Å². The minimum Gasteiger partial charge on any atom is -0.345 e. The van der Waals surface area contributed by atoms with Gasteiger partial charge in [-0.1, -0.05) is 27.7 Å². The molecule has 0 aliphatic carbocycles. The summed E-state index contributed by atoms with van der Waals surface area (Å²) in [5.41, 5.74) is 0. The lowest BCUT2D eigenvalue weighted by Crippen LogP contribution is -2.40. The summed E-state index contributed by atoms with van der Waals surface area (Å²) in [4.78, 5) is 36.1. The van der Waals surface area contributed by atoms with Gasteiger partial charge in [-0.15, -0.1) is 0 Å². The quantitative estimate of drug-likeness (QED) is 0.342. The molecule has 0 saturated heterocycles. The van der Waals surface area contributed by atoms with Crippen molar-refractivity contribution in [1.29, 1.82) is 0 Å². The van der Waals surface area contributed by atoms with Crippen molar-refractivity contribution in [2.75, 3.05) is 19.1 Å². The van der Waals surface area contributed by atoms with Crippen molar-refractivity contribution in [1.82, 2.24) is 10.6 Å². The van der Waals surface area contributed by atoms with Crippen LogP contribution in [0.1, 0.15) is 66.2 Å². The van der Waals surface area contributed by atoms with Gasteiger partial charge < -0.3 is 10.6 Å². The number of carbonyl (C=O) groups excluding carboxylic acids is 3. The van der Waals surface area contributed by atoms with Gasteiger partial charge in [-0.05, 0) is 44.7 Å². The van der Waals surface area contributed by atoms with Crippen LogP contribution in [0.25, 0.3) is 0 Å². The molecule has 0 heterocycles. The van der Waals surface area contributed by atoms with E-state index in [0.717, 1.165) is 19.4 Å². The van der Waals surface area contributed by atoms with Crippen molar-refractivity contribution in [3.05, 3.63) is 0 Å². The number of carbonyl (C=O) groups is 3. The molecule has 6 heteroatoms. The zero-order chi connectivity index (χ0) is 19.4. The van der Waals surface area contributed by atoms with Crippen molar-refractivity contribution in [3.63, 3.8) is 0 Å². The molecule has 0 rings (SSSR count). The van der Waals surface area contributed by atoms with E-state index in [2.05, 4.69) is 24.5 Å². The van der Waals surface area contributed by atoms with Gasteiger partial charge in [0.2, 0.25) is 5.91 Å². The lowest BCUT2D eigenvalue weighted by atomic mass is 10.0. The Morgan fingerprint density at radius 2 is 1.56 bits per heavy atom. The number of hydrogen-bond acceptors (Lipinski definition) is 4. The molecule has 1 amide bonds. The molecule has 5 nitrogen and oxygen atoms in total. The molecule has 0 aliphatic heterocycles. The Bertz CT molecular complexity index is 423. The summed E-state index contributed by atoms with van der Waals surface area (Å²) in [5.74, 6) is 0.0800. The minimum atomic E-state index is -0.722. The molecule has 2 N–H and O–H groups in total. The molecule has 0 bridgehead atoms. The smallest absolute Gasteiger partial charge is 0.220 e. The van der Waals surface area contributed by atoms with Gasteiger partial charge in [0.1, 0.15) is 5.78 Å². The molecule has 0 spiro atoms. The van der Waals surface area contributed by atoms with Crippen LogP contribution in [0.3, 0.4) is 0 Å². The third-order valence-electron chi connectivity index (χ3n) is 4.02. The van der Waals surface area contributed by atoms with E-state index in [9.17, 15) is 14.4 Å². The van der Waals surface area contributed by atoms with Crippen LogP contribution in [0.4, 0.5) is 0 Å². The highest BCUT2D eigenvalue weighted by atomic mass is 32.2. The van der Waals surface area contributed by atoms with E-state index in [4.69, 9.17) is 0 Å². The maximum atomic E-state index is 12.4. The summed E-state index contributed by atoms with van der Waals surface area (Å²) in [6.07, 6.45) is 7.74. The SMILES string of the molecule is CC(C)NCCCC[C@H](NC(=O)CCCC(=O)C(C)C)C(=O)[SH](C)C. The second-order valence-electron chi connectivity index (χ2n) is 7.43. The Balaban J connectivity index is 4.31. The molecule has 0 fully saturated rings. The molecule has 0 aromatic carbocycles. The summed E-state index contributed by atoms with van der Waals surface area (Å²) >= 11 is 0. The van der Waals surface area contributed by atoms with E-state index in [1.807, 2.05) is 26.4 Å². The Kier molecular flexibility index (Phi) is 12.9. The molecule has 148 valence electrons. The van der Waals surface area contributed by atoms with Gasteiger partial charge in [0, 0.05) is 24.8 Å². The highest BCUT2D eigenvalue weighted by molar-refractivity contribution is 8.28. The number of hydrogen-bond donors (Lipinski definition) is 3. The molecule has 0 aliphatic rings. The van der Waals surface area contributed by atoms with Gasteiger partial charge >= 0.3 is 0 Å². The number of ketones is 1. The van der Waals surface area contributed by atoms with Crippen LogP contribution in [0.5, 0.6) is 0 Å². The fraction of sp³-hybridized carbons (Fsp3) is 0.842. The third-order valence-corrected chi connectivity index (χ3v) is 5.21. The first-order chi connectivity index (χ1) is 11.6. The van der Waals surface area contributed by atoms with Crippen LogP contribution in [0, 0.1) is 5.92 Å². The topological polar surface area (TPSA) is 75.3 Å². The predicted molar refractivity (Wildman–Crippen MR) is 108 cm³/mol. The van der Waals surface area contributed by atoms with E-state index in [1.54, 1.807) is 0 Å². The maximum Gasteiger partial charge on any atom is 0.220 e. The Hall–Kier alpha value is -0.880. The molecule has 0 unspecified atom stereocenters. The summed E-state index contributed by atoms with van der Waals surface area (Å²) < 4.78 is 0. The van der Waals surface area contributed by atoms with Crippen molar-refractivity contribution < 1.29 is 14.4 Å². The van der Waals surface area contributed by atoms with Crippen molar-refractivity contribution in [2.45, 2.75) is 78.3 Å². The van der Waals surface area contributed by atoms with E-state index in [-0.39, 0.29) is 28.8 Å². The van der Waals surface area contributed by atoms with E-state index < -0.39 is 10.9 Å². The molecule has 0 saturated carbocycles. The second kappa shape index (κ2) is 13.3. The molecule has 25 heavy (non-hydrogen) atoms. The lowest BCUT2D eigenvalue weighted by Gasteiger charge is -2.21. The minimum absolute atomic E-state index is 0.0144. The number of amides is 1.